The predicted molar refractivity (Wildman–Crippen MR) is 122 cm³/mol. The molecule has 156 valence electrons. The molecule has 1 unspecified atom stereocenters. The molecule has 2 heterocycles. The maximum Gasteiger partial charge on any atom is 0.290 e. The summed E-state index contributed by atoms with van der Waals surface area (Å²) in [7, 11) is 4.02. The van der Waals surface area contributed by atoms with Gasteiger partial charge in [0.05, 0.1) is 17.0 Å². The van der Waals surface area contributed by atoms with Crippen LogP contribution in [-0.2, 0) is 6.42 Å². The van der Waals surface area contributed by atoms with Crippen molar-refractivity contribution in [1.29, 1.82) is 0 Å². The zero-order valence-corrected chi connectivity index (χ0v) is 19.0. The number of rotatable bonds is 6. The Morgan fingerprint density at radius 2 is 1.83 bits per heavy atom. The van der Waals surface area contributed by atoms with Gasteiger partial charge in [0.25, 0.3) is 5.91 Å². The van der Waals surface area contributed by atoms with Crippen LogP contribution in [-0.4, -0.2) is 42.9 Å². The lowest BCUT2D eigenvalue weighted by atomic mass is 9.98. The Bertz CT molecular complexity index is 1150. The largest absolute Gasteiger partial charge is 0.450 e. The summed E-state index contributed by atoms with van der Waals surface area (Å²) in [6, 6.07) is 13.0. The molecular formula is C24H25BrN2O3. The van der Waals surface area contributed by atoms with Gasteiger partial charge in [0.1, 0.15) is 5.58 Å². The zero-order valence-electron chi connectivity index (χ0n) is 17.4. The van der Waals surface area contributed by atoms with E-state index in [9.17, 15) is 9.59 Å². The number of carbonyl (C=O) groups excluding carboxylic acids is 1. The van der Waals surface area contributed by atoms with Crippen molar-refractivity contribution in [1.82, 2.24) is 9.80 Å². The van der Waals surface area contributed by atoms with Crippen molar-refractivity contribution in [2.24, 2.45) is 0 Å². The molecule has 1 aliphatic rings. The minimum absolute atomic E-state index is 0.113. The molecule has 2 aromatic carbocycles. The third-order valence-corrected chi connectivity index (χ3v) is 6.16. The third-order valence-electron chi connectivity index (χ3n) is 5.63. The second kappa shape index (κ2) is 8.36. The zero-order chi connectivity index (χ0) is 21.4. The highest BCUT2D eigenvalue weighted by atomic mass is 79.9. The lowest BCUT2D eigenvalue weighted by molar-refractivity contribution is 0.0722. The molecule has 0 saturated heterocycles. The number of hydrogen-bond donors (Lipinski definition) is 0. The van der Waals surface area contributed by atoms with Gasteiger partial charge in [-0.2, -0.15) is 0 Å². The van der Waals surface area contributed by atoms with Crippen LogP contribution in [0.25, 0.3) is 11.0 Å². The van der Waals surface area contributed by atoms with Gasteiger partial charge in [-0.3, -0.25) is 9.59 Å². The van der Waals surface area contributed by atoms with E-state index in [1.54, 1.807) is 11.0 Å². The predicted octanol–water partition coefficient (Wildman–Crippen LogP) is 4.61. The quantitative estimate of drug-likeness (QED) is 0.529. The Kier molecular flexibility index (Phi) is 5.80. The summed E-state index contributed by atoms with van der Waals surface area (Å²) in [5.74, 6) is -0.0373. The Labute approximate surface area is 184 Å². The highest BCUT2D eigenvalue weighted by Gasteiger charge is 2.42. The SMILES string of the molecule is CCc1ccc2oc3c(c(=O)c2c1)C(c1ccc(Br)cc1)N(CCCN(C)C)C3=O. The van der Waals surface area contributed by atoms with Crippen molar-refractivity contribution in [2.75, 3.05) is 27.2 Å². The maximum absolute atomic E-state index is 13.6. The van der Waals surface area contributed by atoms with Crippen molar-refractivity contribution in [3.05, 3.63) is 79.6 Å². The highest BCUT2D eigenvalue weighted by Crippen LogP contribution is 2.38. The average molecular weight is 469 g/mol. The Morgan fingerprint density at radius 3 is 2.50 bits per heavy atom. The Balaban J connectivity index is 1.88. The number of aryl methyl sites for hydroxylation is 1. The van der Waals surface area contributed by atoms with E-state index in [1.165, 1.54) is 0 Å². The first kappa shape index (κ1) is 20.8. The van der Waals surface area contributed by atoms with Gasteiger partial charge in [0, 0.05) is 11.0 Å². The van der Waals surface area contributed by atoms with E-state index in [0.717, 1.165) is 35.0 Å². The first-order valence-electron chi connectivity index (χ1n) is 10.2. The van der Waals surface area contributed by atoms with Crippen molar-refractivity contribution in [3.63, 3.8) is 0 Å². The summed E-state index contributed by atoms with van der Waals surface area (Å²) in [6.45, 7) is 3.46. The van der Waals surface area contributed by atoms with Crippen LogP contribution in [0, 0.1) is 0 Å². The van der Waals surface area contributed by atoms with Gasteiger partial charge in [-0.05, 0) is 68.9 Å². The molecule has 0 N–H and O–H groups in total. The van der Waals surface area contributed by atoms with E-state index < -0.39 is 6.04 Å². The number of benzene rings is 2. The molecule has 1 amide bonds. The molecule has 0 saturated carbocycles. The molecule has 0 aliphatic carbocycles. The van der Waals surface area contributed by atoms with Gasteiger partial charge in [0.15, 0.2) is 5.43 Å². The summed E-state index contributed by atoms with van der Waals surface area (Å²) in [5.41, 5.74) is 2.79. The van der Waals surface area contributed by atoms with Gasteiger partial charge in [-0.15, -0.1) is 0 Å². The molecule has 0 spiro atoms. The lowest BCUT2D eigenvalue weighted by Crippen LogP contribution is -2.32. The third kappa shape index (κ3) is 3.70. The number of carbonyl (C=O) groups is 1. The molecule has 0 radical (unpaired) electrons. The number of hydrogen-bond acceptors (Lipinski definition) is 4. The molecule has 1 aliphatic heterocycles. The van der Waals surface area contributed by atoms with Crippen LogP contribution in [0.4, 0.5) is 0 Å². The van der Waals surface area contributed by atoms with Crippen LogP contribution in [0.2, 0.25) is 0 Å². The monoisotopic (exact) mass is 468 g/mol. The van der Waals surface area contributed by atoms with Crippen LogP contribution in [0.3, 0.4) is 0 Å². The van der Waals surface area contributed by atoms with Gasteiger partial charge in [-0.1, -0.05) is 41.1 Å². The highest BCUT2D eigenvalue weighted by molar-refractivity contribution is 9.10. The summed E-state index contributed by atoms with van der Waals surface area (Å²) in [4.78, 5) is 30.7. The number of nitrogens with zero attached hydrogens (tertiary/aromatic N) is 2. The van der Waals surface area contributed by atoms with Crippen LogP contribution < -0.4 is 5.43 Å². The lowest BCUT2D eigenvalue weighted by Gasteiger charge is -2.25. The summed E-state index contributed by atoms with van der Waals surface area (Å²) in [5, 5.41) is 0.540. The molecule has 3 aromatic rings. The smallest absolute Gasteiger partial charge is 0.290 e. The first-order valence-corrected chi connectivity index (χ1v) is 11.0. The van der Waals surface area contributed by atoms with Gasteiger partial charge in [-0.25, -0.2) is 0 Å². The summed E-state index contributed by atoms with van der Waals surface area (Å²) < 4.78 is 6.97. The number of fused-ring (bicyclic) bond motifs is 2. The Morgan fingerprint density at radius 1 is 1.10 bits per heavy atom. The van der Waals surface area contributed by atoms with Crippen molar-refractivity contribution in [2.45, 2.75) is 25.8 Å². The van der Waals surface area contributed by atoms with Crippen LogP contribution in [0.15, 0.2) is 56.1 Å². The van der Waals surface area contributed by atoms with E-state index in [0.29, 0.717) is 23.1 Å². The Hall–Kier alpha value is -2.44. The minimum Gasteiger partial charge on any atom is -0.450 e. The summed E-state index contributed by atoms with van der Waals surface area (Å²) in [6.07, 6.45) is 1.64. The second-order valence-electron chi connectivity index (χ2n) is 7.97. The van der Waals surface area contributed by atoms with Crippen LogP contribution in [0.5, 0.6) is 0 Å². The fourth-order valence-electron chi connectivity index (χ4n) is 4.07. The molecule has 1 aromatic heterocycles. The van der Waals surface area contributed by atoms with Gasteiger partial charge >= 0.3 is 0 Å². The first-order chi connectivity index (χ1) is 14.4. The maximum atomic E-state index is 13.6. The normalized spacial score (nSPS) is 16.0. The van der Waals surface area contributed by atoms with Crippen LogP contribution in [0.1, 0.15) is 46.6 Å². The van der Waals surface area contributed by atoms with Crippen molar-refractivity contribution < 1.29 is 9.21 Å². The number of amides is 1. The van der Waals surface area contributed by atoms with Crippen LogP contribution >= 0.6 is 15.9 Å². The van der Waals surface area contributed by atoms with E-state index in [4.69, 9.17) is 4.42 Å². The fourth-order valence-corrected chi connectivity index (χ4v) is 4.33. The fraction of sp³-hybridized carbons (Fsp3) is 0.333. The number of halogens is 1. The standard InChI is InChI=1S/C24H25BrN2O3/c1-4-15-6-11-19-18(14-15)22(28)20-21(16-7-9-17(25)10-8-16)27(13-5-12-26(2)3)24(29)23(20)30-19/h6-11,14,21H,4-5,12-13H2,1-3H3. The van der Waals surface area contributed by atoms with E-state index >= 15 is 0 Å². The molecule has 5 nitrogen and oxygen atoms in total. The van der Waals surface area contributed by atoms with E-state index in [1.807, 2.05) is 50.5 Å². The topological polar surface area (TPSA) is 53.8 Å². The molecule has 6 heteroatoms. The molecular weight excluding hydrogens is 444 g/mol. The molecule has 30 heavy (non-hydrogen) atoms. The van der Waals surface area contributed by atoms with Gasteiger partial charge < -0.3 is 14.2 Å². The summed E-state index contributed by atoms with van der Waals surface area (Å²) >= 11 is 3.47. The molecule has 1 atom stereocenters. The van der Waals surface area contributed by atoms with Gasteiger partial charge in [0.2, 0.25) is 5.76 Å². The minimum atomic E-state index is -0.436. The molecule has 4 rings (SSSR count). The average Bonchev–Trinajstić information content (AvgIpc) is 3.00. The molecule has 0 fully saturated rings. The van der Waals surface area contributed by atoms with Crippen molar-refractivity contribution >= 4 is 32.8 Å². The molecule has 0 bridgehead atoms. The van der Waals surface area contributed by atoms with E-state index in [-0.39, 0.29) is 17.1 Å². The van der Waals surface area contributed by atoms with E-state index in [2.05, 4.69) is 27.8 Å². The van der Waals surface area contributed by atoms with Crippen molar-refractivity contribution in [3.8, 4) is 0 Å². The second-order valence-corrected chi connectivity index (χ2v) is 8.88.